The highest BCUT2D eigenvalue weighted by Gasteiger charge is 2.21. The lowest BCUT2D eigenvalue weighted by atomic mass is 10.1. The standard InChI is InChI=1S/C23H32N4O3S/c1-6-7-17-12-21(22(30-5)24-16(17)2)25-23(31)27-10-8-26(9-11-27)18-13-19(28-3)15-20(14-18)29-4/h12-15H,6-11H2,1-5H3,(H,25,31). The third-order valence-electron chi connectivity index (χ3n) is 5.51. The van der Waals surface area contributed by atoms with Gasteiger partial charge >= 0.3 is 0 Å². The molecule has 1 fully saturated rings. The molecule has 0 bridgehead atoms. The first-order valence-corrected chi connectivity index (χ1v) is 11.0. The van der Waals surface area contributed by atoms with Crippen LogP contribution in [-0.2, 0) is 6.42 Å². The topological polar surface area (TPSA) is 59.1 Å². The van der Waals surface area contributed by atoms with Gasteiger partial charge in [0.25, 0.3) is 0 Å². The molecular formula is C23H32N4O3S. The van der Waals surface area contributed by atoms with Gasteiger partial charge in [-0.2, -0.15) is 0 Å². The van der Waals surface area contributed by atoms with Gasteiger partial charge in [-0.15, -0.1) is 0 Å². The van der Waals surface area contributed by atoms with Crippen molar-refractivity contribution < 1.29 is 14.2 Å². The number of aryl methyl sites for hydroxylation is 2. The van der Waals surface area contributed by atoms with E-state index in [1.165, 1.54) is 5.56 Å². The number of rotatable bonds is 7. The molecule has 0 saturated carbocycles. The summed E-state index contributed by atoms with van der Waals surface area (Å²) in [6.07, 6.45) is 2.04. The summed E-state index contributed by atoms with van der Waals surface area (Å²) in [7, 11) is 4.97. The van der Waals surface area contributed by atoms with E-state index in [1.807, 2.05) is 25.1 Å². The van der Waals surface area contributed by atoms with E-state index in [9.17, 15) is 0 Å². The molecule has 0 aliphatic carbocycles. The van der Waals surface area contributed by atoms with Gasteiger partial charge in [0, 0.05) is 55.8 Å². The van der Waals surface area contributed by atoms with Crippen LogP contribution in [0.4, 0.5) is 11.4 Å². The molecule has 1 aromatic heterocycles. The van der Waals surface area contributed by atoms with Gasteiger partial charge in [0.05, 0.1) is 21.3 Å². The van der Waals surface area contributed by atoms with Crippen molar-refractivity contribution >= 4 is 28.7 Å². The lowest BCUT2D eigenvalue weighted by molar-refractivity contribution is 0.383. The number of benzene rings is 1. The van der Waals surface area contributed by atoms with Crippen LogP contribution in [0.25, 0.3) is 0 Å². The predicted octanol–water partition coefficient (Wildman–Crippen LogP) is 3.89. The number of nitrogens with one attached hydrogen (secondary N) is 1. The predicted molar refractivity (Wildman–Crippen MR) is 129 cm³/mol. The lowest BCUT2D eigenvalue weighted by Gasteiger charge is -2.37. The lowest BCUT2D eigenvalue weighted by Crippen LogP contribution is -2.50. The second-order valence-corrected chi connectivity index (χ2v) is 7.90. The van der Waals surface area contributed by atoms with Gasteiger partial charge in [0.15, 0.2) is 5.11 Å². The molecule has 1 aromatic carbocycles. The first kappa shape index (κ1) is 22.9. The van der Waals surface area contributed by atoms with Gasteiger partial charge in [0.1, 0.15) is 17.2 Å². The Balaban J connectivity index is 1.67. The van der Waals surface area contributed by atoms with E-state index in [0.29, 0.717) is 11.0 Å². The fourth-order valence-corrected chi connectivity index (χ4v) is 4.02. The normalized spacial score (nSPS) is 13.7. The van der Waals surface area contributed by atoms with E-state index in [4.69, 9.17) is 26.4 Å². The molecule has 31 heavy (non-hydrogen) atoms. The van der Waals surface area contributed by atoms with E-state index in [1.54, 1.807) is 21.3 Å². The molecule has 0 amide bonds. The highest BCUT2D eigenvalue weighted by Crippen LogP contribution is 2.30. The molecule has 3 rings (SSSR count). The summed E-state index contributed by atoms with van der Waals surface area (Å²) in [5.41, 5.74) is 4.12. The summed E-state index contributed by atoms with van der Waals surface area (Å²) in [6.45, 7) is 7.51. The first-order chi connectivity index (χ1) is 15.0. The Morgan fingerprint density at radius 3 is 2.19 bits per heavy atom. The summed E-state index contributed by atoms with van der Waals surface area (Å²) >= 11 is 5.71. The number of nitrogens with zero attached hydrogens (tertiary/aromatic N) is 3. The zero-order chi connectivity index (χ0) is 22.4. The summed E-state index contributed by atoms with van der Waals surface area (Å²) < 4.78 is 16.3. The first-order valence-electron chi connectivity index (χ1n) is 10.6. The Labute approximate surface area is 190 Å². The van der Waals surface area contributed by atoms with E-state index < -0.39 is 0 Å². The Hall–Kier alpha value is -2.74. The van der Waals surface area contributed by atoms with Crippen molar-refractivity contribution in [3.05, 3.63) is 35.5 Å². The number of ether oxygens (including phenoxy) is 3. The second kappa shape index (κ2) is 10.5. The van der Waals surface area contributed by atoms with Crippen molar-refractivity contribution in [2.45, 2.75) is 26.7 Å². The van der Waals surface area contributed by atoms with Crippen LogP contribution in [0, 0.1) is 6.92 Å². The molecule has 8 heteroatoms. The number of methoxy groups -OCH3 is 3. The highest BCUT2D eigenvalue weighted by molar-refractivity contribution is 7.80. The summed E-state index contributed by atoms with van der Waals surface area (Å²) in [4.78, 5) is 9.10. The molecule has 1 aliphatic rings. The van der Waals surface area contributed by atoms with Crippen molar-refractivity contribution in [3.63, 3.8) is 0 Å². The smallest absolute Gasteiger partial charge is 0.237 e. The van der Waals surface area contributed by atoms with Crippen molar-refractivity contribution in [2.24, 2.45) is 0 Å². The minimum Gasteiger partial charge on any atom is -0.497 e. The molecule has 7 nitrogen and oxygen atoms in total. The SMILES string of the molecule is CCCc1cc(NC(=S)N2CCN(c3cc(OC)cc(OC)c3)CC2)c(OC)nc1C. The number of thiocarbonyl (C=S) groups is 1. The molecule has 0 unspecified atom stereocenters. The van der Waals surface area contributed by atoms with E-state index in [2.05, 4.69) is 33.1 Å². The minimum atomic E-state index is 0.571. The van der Waals surface area contributed by atoms with Gasteiger partial charge in [-0.1, -0.05) is 13.3 Å². The molecule has 1 saturated heterocycles. The molecule has 2 aromatic rings. The van der Waals surface area contributed by atoms with Gasteiger partial charge in [-0.05, 0) is 37.2 Å². The maximum absolute atomic E-state index is 5.71. The molecule has 0 radical (unpaired) electrons. The number of hydrogen-bond donors (Lipinski definition) is 1. The van der Waals surface area contributed by atoms with E-state index in [0.717, 1.165) is 67.6 Å². The summed E-state index contributed by atoms with van der Waals surface area (Å²) in [5, 5.41) is 4.05. The van der Waals surface area contributed by atoms with Crippen LogP contribution in [0.2, 0.25) is 0 Å². The average Bonchev–Trinajstić information content (AvgIpc) is 2.80. The monoisotopic (exact) mass is 444 g/mol. The van der Waals surface area contributed by atoms with Crippen LogP contribution < -0.4 is 24.4 Å². The quantitative estimate of drug-likeness (QED) is 0.646. The average molecular weight is 445 g/mol. The van der Waals surface area contributed by atoms with E-state index in [-0.39, 0.29) is 0 Å². The number of hydrogen-bond acceptors (Lipinski definition) is 6. The second-order valence-electron chi connectivity index (χ2n) is 7.51. The van der Waals surface area contributed by atoms with Crippen molar-refractivity contribution in [1.29, 1.82) is 0 Å². The summed E-state index contributed by atoms with van der Waals surface area (Å²) in [6, 6.07) is 8.06. The van der Waals surface area contributed by atoms with Gasteiger partial charge in [-0.3, -0.25) is 0 Å². The zero-order valence-electron chi connectivity index (χ0n) is 19.0. The van der Waals surface area contributed by atoms with Crippen molar-refractivity contribution in [2.75, 3.05) is 57.7 Å². The van der Waals surface area contributed by atoms with Crippen LogP contribution >= 0.6 is 12.2 Å². The fourth-order valence-electron chi connectivity index (χ4n) is 3.73. The van der Waals surface area contributed by atoms with Gasteiger partial charge in [-0.25, -0.2) is 4.98 Å². The molecule has 1 aliphatic heterocycles. The molecular weight excluding hydrogens is 412 g/mol. The van der Waals surface area contributed by atoms with Crippen LogP contribution in [-0.4, -0.2) is 62.5 Å². The largest absolute Gasteiger partial charge is 0.497 e. The third kappa shape index (κ3) is 5.50. The van der Waals surface area contributed by atoms with E-state index >= 15 is 0 Å². The Kier molecular flexibility index (Phi) is 7.79. The molecule has 168 valence electrons. The number of piperazine rings is 1. The van der Waals surface area contributed by atoms with Gasteiger partial charge < -0.3 is 29.3 Å². The fraction of sp³-hybridized carbons (Fsp3) is 0.478. The highest BCUT2D eigenvalue weighted by atomic mass is 32.1. The van der Waals surface area contributed by atoms with Crippen molar-refractivity contribution in [1.82, 2.24) is 9.88 Å². The molecule has 0 atom stereocenters. The number of aromatic nitrogens is 1. The molecule has 1 N–H and O–H groups in total. The van der Waals surface area contributed by atoms with Crippen LogP contribution in [0.1, 0.15) is 24.6 Å². The Morgan fingerprint density at radius 2 is 1.65 bits per heavy atom. The summed E-state index contributed by atoms with van der Waals surface area (Å²) in [5.74, 6) is 2.15. The number of anilines is 2. The van der Waals surface area contributed by atoms with Crippen LogP contribution in [0.15, 0.2) is 24.3 Å². The number of pyridine rings is 1. The molecule has 0 spiro atoms. The Bertz CT molecular complexity index is 892. The third-order valence-corrected chi connectivity index (χ3v) is 5.87. The zero-order valence-corrected chi connectivity index (χ0v) is 19.8. The maximum Gasteiger partial charge on any atom is 0.237 e. The minimum absolute atomic E-state index is 0.571. The molecule has 2 heterocycles. The van der Waals surface area contributed by atoms with Crippen LogP contribution in [0.5, 0.6) is 17.4 Å². The Morgan fingerprint density at radius 1 is 1.00 bits per heavy atom. The maximum atomic E-state index is 5.71. The van der Waals surface area contributed by atoms with Crippen LogP contribution in [0.3, 0.4) is 0 Å². The van der Waals surface area contributed by atoms with Crippen molar-refractivity contribution in [3.8, 4) is 17.4 Å². The van der Waals surface area contributed by atoms with Gasteiger partial charge in [0.2, 0.25) is 5.88 Å².